The summed E-state index contributed by atoms with van der Waals surface area (Å²) in [6, 6.07) is 0. The molecule has 27 heavy (non-hydrogen) atoms. The van der Waals surface area contributed by atoms with Crippen LogP contribution in [0, 0.1) is 0 Å². The lowest BCUT2D eigenvalue weighted by atomic mass is 9.88. The fourth-order valence-corrected chi connectivity index (χ4v) is 5.19. The van der Waals surface area contributed by atoms with Gasteiger partial charge in [0.15, 0.2) is 6.40 Å². The van der Waals surface area contributed by atoms with Crippen LogP contribution in [0.3, 0.4) is 0 Å². The number of rotatable bonds is 4. The lowest BCUT2D eigenvalue weighted by Crippen LogP contribution is -2.32. The van der Waals surface area contributed by atoms with E-state index in [0.29, 0.717) is 18.6 Å². The van der Waals surface area contributed by atoms with Crippen LogP contribution in [0.25, 0.3) is 10.2 Å². The van der Waals surface area contributed by atoms with Crippen LogP contribution in [-0.2, 0) is 22.5 Å². The summed E-state index contributed by atoms with van der Waals surface area (Å²) >= 11 is 1.60. The number of hydrogen-bond donors (Lipinski definition) is 0. The average Bonchev–Trinajstić information content (AvgIpc) is 3.01. The van der Waals surface area contributed by atoms with Crippen LogP contribution in [0.1, 0.15) is 75.1 Å². The molecule has 7 heteroatoms. The molecular weight excluding hydrogens is 362 g/mol. The zero-order valence-corrected chi connectivity index (χ0v) is 17.1. The summed E-state index contributed by atoms with van der Waals surface area (Å²) < 4.78 is 12.7. The van der Waals surface area contributed by atoms with E-state index in [1.807, 2.05) is 6.92 Å². The average molecular weight is 390 g/mol. The molecule has 0 aromatic carbocycles. The molecule has 3 heterocycles. The van der Waals surface area contributed by atoms with Gasteiger partial charge in [-0.3, -0.25) is 4.79 Å². The minimum atomic E-state index is -0.269. The fourth-order valence-electron chi connectivity index (χ4n) is 4.09. The standard InChI is InChI=1S/C20H27N3O3S/c1-4-25-12-21-23-17(13-8-6-5-7-9-13)22-18-16(19(23)24)14-10-20(2,3)26-11-15(14)27-18/h12-13H,4-11H2,1-3H3/b21-12-. The van der Waals surface area contributed by atoms with Gasteiger partial charge in [0.1, 0.15) is 10.7 Å². The molecule has 0 bridgehead atoms. The summed E-state index contributed by atoms with van der Waals surface area (Å²) in [5, 5.41) is 5.06. The molecule has 0 unspecified atom stereocenters. The summed E-state index contributed by atoms with van der Waals surface area (Å²) in [6.45, 7) is 7.09. The monoisotopic (exact) mass is 389 g/mol. The van der Waals surface area contributed by atoms with Crippen molar-refractivity contribution in [1.82, 2.24) is 9.66 Å². The molecule has 6 nitrogen and oxygen atoms in total. The highest BCUT2D eigenvalue weighted by molar-refractivity contribution is 7.18. The molecule has 2 aromatic heterocycles. The van der Waals surface area contributed by atoms with E-state index in [1.165, 1.54) is 30.3 Å². The van der Waals surface area contributed by atoms with Crippen molar-refractivity contribution in [3.8, 4) is 0 Å². The molecule has 0 amide bonds. The van der Waals surface area contributed by atoms with E-state index in [9.17, 15) is 4.79 Å². The molecule has 1 saturated carbocycles. The highest BCUT2D eigenvalue weighted by atomic mass is 32.1. The Balaban J connectivity index is 1.89. The Kier molecular flexibility index (Phi) is 5.07. The van der Waals surface area contributed by atoms with Crippen molar-refractivity contribution in [3.63, 3.8) is 0 Å². The van der Waals surface area contributed by atoms with Crippen molar-refractivity contribution in [2.24, 2.45) is 5.10 Å². The Labute approximate surface area is 163 Å². The molecule has 0 spiro atoms. The van der Waals surface area contributed by atoms with Crippen LogP contribution < -0.4 is 5.56 Å². The smallest absolute Gasteiger partial charge is 0.283 e. The zero-order chi connectivity index (χ0) is 19.0. The third kappa shape index (κ3) is 3.55. The normalized spacial score (nSPS) is 20.3. The molecule has 2 aliphatic rings. The van der Waals surface area contributed by atoms with Crippen molar-refractivity contribution < 1.29 is 9.47 Å². The second kappa shape index (κ2) is 7.36. The summed E-state index contributed by atoms with van der Waals surface area (Å²) in [6.07, 6.45) is 7.81. The van der Waals surface area contributed by atoms with Crippen molar-refractivity contribution in [1.29, 1.82) is 0 Å². The number of aromatic nitrogens is 2. The van der Waals surface area contributed by atoms with E-state index in [4.69, 9.17) is 14.5 Å². The zero-order valence-electron chi connectivity index (χ0n) is 16.3. The highest BCUT2D eigenvalue weighted by Gasteiger charge is 2.32. The first-order valence-electron chi connectivity index (χ1n) is 9.86. The molecular formula is C20H27N3O3S. The summed E-state index contributed by atoms with van der Waals surface area (Å²) in [4.78, 5) is 20.3. The lowest BCUT2D eigenvalue weighted by molar-refractivity contribution is -0.0379. The van der Waals surface area contributed by atoms with Gasteiger partial charge in [0.05, 0.1) is 24.2 Å². The summed E-state index contributed by atoms with van der Waals surface area (Å²) in [5.41, 5.74) is 0.737. The highest BCUT2D eigenvalue weighted by Crippen LogP contribution is 2.38. The molecule has 2 aromatic rings. The van der Waals surface area contributed by atoms with Crippen LogP contribution in [0.2, 0.25) is 0 Å². The molecule has 1 aliphatic heterocycles. The third-order valence-corrected chi connectivity index (χ3v) is 6.58. The molecule has 0 atom stereocenters. The topological polar surface area (TPSA) is 65.7 Å². The Morgan fingerprint density at radius 1 is 1.37 bits per heavy atom. The predicted molar refractivity (Wildman–Crippen MR) is 108 cm³/mol. The molecule has 1 fully saturated rings. The maximum atomic E-state index is 13.4. The molecule has 1 aliphatic carbocycles. The number of fused-ring (bicyclic) bond motifs is 3. The van der Waals surface area contributed by atoms with Crippen LogP contribution in [0.15, 0.2) is 9.90 Å². The minimum absolute atomic E-state index is 0.0771. The molecule has 4 rings (SSSR count). The van der Waals surface area contributed by atoms with E-state index in [-0.39, 0.29) is 17.1 Å². The van der Waals surface area contributed by atoms with E-state index < -0.39 is 0 Å². The van der Waals surface area contributed by atoms with Gasteiger partial charge in [0.2, 0.25) is 0 Å². The maximum absolute atomic E-state index is 13.4. The SMILES string of the molecule is CCO/C=N\n1c(C2CCCCC2)nc2sc3c(c2c1=O)CC(C)(C)OC3. The number of hydrogen-bond acceptors (Lipinski definition) is 6. The predicted octanol–water partition coefficient (Wildman–Crippen LogP) is 4.18. The Morgan fingerprint density at radius 3 is 2.89 bits per heavy atom. The summed E-state index contributed by atoms with van der Waals surface area (Å²) in [7, 11) is 0. The Bertz CT molecular complexity index is 923. The van der Waals surface area contributed by atoms with Gasteiger partial charge in [-0.05, 0) is 39.2 Å². The minimum Gasteiger partial charge on any atom is -0.482 e. The Morgan fingerprint density at radius 2 is 2.15 bits per heavy atom. The van der Waals surface area contributed by atoms with Crippen molar-refractivity contribution in [3.05, 3.63) is 26.6 Å². The largest absolute Gasteiger partial charge is 0.482 e. The van der Waals surface area contributed by atoms with Gasteiger partial charge in [0.25, 0.3) is 5.56 Å². The van der Waals surface area contributed by atoms with Gasteiger partial charge in [-0.25, -0.2) is 4.98 Å². The molecule has 0 radical (unpaired) electrons. The van der Waals surface area contributed by atoms with E-state index in [1.54, 1.807) is 11.3 Å². The maximum Gasteiger partial charge on any atom is 0.283 e. The van der Waals surface area contributed by atoms with Crippen molar-refractivity contribution in [2.45, 2.75) is 77.4 Å². The van der Waals surface area contributed by atoms with Gasteiger partial charge in [-0.2, -0.15) is 4.68 Å². The van der Waals surface area contributed by atoms with Gasteiger partial charge < -0.3 is 9.47 Å². The Hall–Kier alpha value is -1.73. The van der Waals surface area contributed by atoms with Crippen LogP contribution >= 0.6 is 11.3 Å². The molecule has 0 saturated heterocycles. The number of nitrogens with zero attached hydrogens (tertiary/aromatic N) is 3. The quantitative estimate of drug-likeness (QED) is 0.581. The van der Waals surface area contributed by atoms with Crippen LogP contribution in [0.5, 0.6) is 0 Å². The van der Waals surface area contributed by atoms with E-state index in [0.717, 1.165) is 40.4 Å². The first kappa shape index (κ1) is 18.6. The number of ether oxygens (including phenoxy) is 2. The molecule has 0 N–H and O–H groups in total. The van der Waals surface area contributed by atoms with Gasteiger partial charge in [0, 0.05) is 17.2 Å². The van der Waals surface area contributed by atoms with E-state index >= 15 is 0 Å². The second-order valence-corrected chi connectivity index (χ2v) is 9.09. The van der Waals surface area contributed by atoms with Crippen molar-refractivity contribution in [2.75, 3.05) is 6.61 Å². The van der Waals surface area contributed by atoms with Crippen LogP contribution in [-0.4, -0.2) is 28.3 Å². The van der Waals surface area contributed by atoms with Gasteiger partial charge in [-0.15, -0.1) is 16.4 Å². The molecule has 146 valence electrons. The van der Waals surface area contributed by atoms with E-state index in [2.05, 4.69) is 18.9 Å². The number of thiophene rings is 1. The van der Waals surface area contributed by atoms with Crippen LogP contribution in [0.4, 0.5) is 0 Å². The fraction of sp³-hybridized carbons (Fsp3) is 0.650. The van der Waals surface area contributed by atoms with Gasteiger partial charge >= 0.3 is 0 Å². The third-order valence-electron chi connectivity index (χ3n) is 5.48. The lowest BCUT2D eigenvalue weighted by Gasteiger charge is -2.30. The second-order valence-electron chi connectivity index (χ2n) is 8.01. The van der Waals surface area contributed by atoms with Crippen molar-refractivity contribution >= 4 is 28.0 Å². The first-order valence-corrected chi connectivity index (χ1v) is 10.7. The summed E-state index contributed by atoms with van der Waals surface area (Å²) in [5.74, 6) is 1.06. The van der Waals surface area contributed by atoms with Gasteiger partial charge in [-0.1, -0.05) is 19.3 Å². The first-order chi connectivity index (χ1) is 13.0.